The van der Waals surface area contributed by atoms with E-state index in [1.807, 2.05) is 32.0 Å². The van der Waals surface area contributed by atoms with Gasteiger partial charge >= 0.3 is 0 Å². The van der Waals surface area contributed by atoms with E-state index in [9.17, 15) is 14.4 Å². The van der Waals surface area contributed by atoms with Crippen LogP contribution in [0.4, 0.5) is 5.69 Å². The molecule has 0 saturated carbocycles. The number of carbonyl (C=O) groups is 3. The summed E-state index contributed by atoms with van der Waals surface area (Å²) in [7, 11) is 1.43. The Bertz CT molecular complexity index is 920. The molecule has 1 unspecified atom stereocenters. The molecule has 0 bridgehead atoms. The highest BCUT2D eigenvalue weighted by atomic mass is 16.5. The molecule has 134 valence electrons. The topological polar surface area (TPSA) is 75.7 Å². The lowest BCUT2D eigenvalue weighted by atomic mass is 10.1. The van der Waals surface area contributed by atoms with Gasteiger partial charge in [0.15, 0.2) is 6.10 Å². The number of fused-ring (bicyclic) bond motifs is 1. The van der Waals surface area contributed by atoms with Gasteiger partial charge in [-0.05, 0) is 56.2 Å². The normalized spacial score (nSPS) is 14.2. The molecule has 1 atom stereocenters. The van der Waals surface area contributed by atoms with Gasteiger partial charge in [0.1, 0.15) is 5.75 Å². The van der Waals surface area contributed by atoms with Gasteiger partial charge in [0, 0.05) is 12.7 Å². The van der Waals surface area contributed by atoms with Gasteiger partial charge < -0.3 is 10.1 Å². The number of nitrogens with zero attached hydrogens (tertiary/aromatic N) is 1. The smallest absolute Gasteiger partial charge is 0.265 e. The van der Waals surface area contributed by atoms with Crippen molar-refractivity contribution >= 4 is 23.4 Å². The van der Waals surface area contributed by atoms with Crippen molar-refractivity contribution in [1.82, 2.24) is 4.90 Å². The van der Waals surface area contributed by atoms with Gasteiger partial charge in [0.05, 0.1) is 11.1 Å². The summed E-state index contributed by atoms with van der Waals surface area (Å²) in [4.78, 5) is 37.4. The third-order valence-electron chi connectivity index (χ3n) is 4.59. The Morgan fingerprint density at radius 3 is 2.50 bits per heavy atom. The molecular weight excluding hydrogens is 332 g/mol. The molecule has 6 nitrogen and oxygen atoms in total. The van der Waals surface area contributed by atoms with E-state index in [0.717, 1.165) is 16.0 Å². The molecule has 0 aromatic heterocycles. The maximum atomic E-state index is 12.4. The highest BCUT2D eigenvalue weighted by Crippen LogP contribution is 2.25. The summed E-state index contributed by atoms with van der Waals surface area (Å²) in [6.07, 6.45) is -0.719. The second-order valence-corrected chi connectivity index (χ2v) is 6.38. The number of benzene rings is 2. The fourth-order valence-corrected chi connectivity index (χ4v) is 2.78. The summed E-state index contributed by atoms with van der Waals surface area (Å²) >= 11 is 0. The number of rotatable bonds is 4. The first-order chi connectivity index (χ1) is 12.3. The Kier molecular flexibility index (Phi) is 4.50. The van der Waals surface area contributed by atoms with Crippen LogP contribution >= 0.6 is 0 Å². The summed E-state index contributed by atoms with van der Waals surface area (Å²) in [6.45, 7) is 5.58. The maximum absolute atomic E-state index is 12.4. The van der Waals surface area contributed by atoms with E-state index in [0.29, 0.717) is 22.6 Å². The molecule has 0 spiro atoms. The number of nitrogens with one attached hydrogen (secondary N) is 1. The van der Waals surface area contributed by atoms with Gasteiger partial charge in [-0.15, -0.1) is 0 Å². The first-order valence-corrected chi connectivity index (χ1v) is 8.29. The minimum absolute atomic E-state index is 0.290. The molecule has 0 saturated heterocycles. The van der Waals surface area contributed by atoms with Crippen LogP contribution in [0.5, 0.6) is 5.75 Å². The standard InChI is InChI=1S/C20H20N2O4/c1-11-6-5-7-17(12(11)2)26-13(3)18(23)21-14-8-9-15-16(10-14)20(25)22(4)19(15)24/h5-10,13H,1-4H3,(H,21,23). The van der Waals surface area contributed by atoms with Crippen molar-refractivity contribution in [1.29, 1.82) is 0 Å². The number of carbonyl (C=O) groups excluding carboxylic acids is 3. The first kappa shape index (κ1) is 17.7. The molecule has 2 aromatic carbocycles. The van der Waals surface area contributed by atoms with Gasteiger partial charge in [-0.1, -0.05) is 12.1 Å². The van der Waals surface area contributed by atoms with Gasteiger partial charge in [-0.2, -0.15) is 0 Å². The largest absolute Gasteiger partial charge is 0.481 e. The number of aryl methyl sites for hydroxylation is 1. The lowest BCUT2D eigenvalue weighted by Gasteiger charge is -2.17. The lowest BCUT2D eigenvalue weighted by molar-refractivity contribution is -0.122. The molecule has 0 aliphatic carbocycles. The zero-order valence-corrected chi connectivity index (χ0v) is 15.1. The molecule has 1 aliphatic heterocycles. The van der Waals surface area contributed by atoms with Crippen molar-refractivity contribution in [3.8, 4) is 5.75 Å². The molecular formula is C20H20N2O4. The van der Waals surface area contributed by atoms with Crippen molar-refractivity contribution in [2.45, 2.75) is 26.9 Å². The zero-order valence-electron chi connectivity index (χ0n) is 15.1. The fraction of sp³-hybridized carbons (Fsp3) is 0.250. The number of hydrogen-bond acceptors (Lipinski definition) is 4. The second kappa shape index (κ2) is 6.63. The molecule has 0 fully saturated rings. The maximum Gasteiger partial charge on any atom is 0.265 e. The van der Waals surface area contributed by atoms with E-state index in [1.165, 1.54) is 13.1 Å². The molecule has 3 amide bonds. The highest BCUT2D eigenvalue weighted by Gasteiger charge is 2.32. The van der Waals surface area contributed by atoms with E-state index >= 15 is 0 Å². The molecule has 26 heavy (non-hydrogen) atoms. The van der Waals surface area contributed by atoms with E-state index in [4.69, 9.17) is 4.74 Å². The molecule has 0 radical (unpaired) electrons. The third kappa shape index (κ3) is 3.06. The van der Waals surface area contributed by atoms with Crippen LogP contribution in [0.3, 0.4) is 0 Å². The van der Waals surface area contributed by atoms with Crippen LogP contribution in [0.15, 0.2) is 36.4 Å². The Hall–Kier alpha value is -3.15. The Morgan fingerprint density at radius 2 is 1.77 bits per heavy atom. The van der Waals surface area contributed by atoms with Crippen LogP contribution in [0.25, 0.3) is 0 Å². The number of hydrogen-bond donors (Lipinski definition) is 1. The molecule has 2 aromatic rings. The van der Waals surface area contributed by atoms with Gasteiger partial charge in [0.2, 0.25) is 0 Å². The molecule has 3 rings (SSSR count). The van der Waals surface area contributed by atoms with Crippen LogP contribution in [0.1, 0.15) is 38.8 Å². The summed E-state index contributed by atoms with van der Waals surface area (Å²) in [6, 6.07) is 10.3. The summed E-state index contributed by atoms with van der Waals surface area (Å²) in [5.41, 5.74) is 3.15. The van der Waals surface area contributed by atoms with Crippen LogP contribution < -0.4 is 10.1 Å². The minimum Gasteiger partial charge on any atom is -0.481 e. The average molecular weight is 352 g/mol. The van der Waals surface area contributed by atoms with Crippen LogP contribution in [0, 0.1) is 13.8 Å². The molecule has 1 N–H and O–H groups in total. The highest BCUT2D eigenvalue weighted by molar-refractivity contribution is 6.21. The summed E-state index contributed by atoms with van der Waals surface area (Å²) in [5.74, 6) is -0.393. The van der Waals surface area contributed by atoms with Crippen molar-refractivity contribution in [2.24, 2.45) is 0 Å². The van der Waals surface area contributed by atoms with Gasteiger partial charge in [-0.3, -0.25) is 19.3 Å². The summed E-state index contributed by atoms with van der Waals surface area (Å²) in [5, 5.41) is 2.73. The van der Waals surface area contributed by atoms with Crippen molar-refractivity contribution in [2.75, 3.05) is 12.4 Å². The first-order valence-electron chi connectivity index (χ1n) is 8.29. The third-order valence-corrected chi connectivity index (χ3v) is 4.59. The van der Waals surface area contributed by atoms with E-state index in [-0.39, 0.29) is 17.7 Å². The number of ether oxygens (including phenoxy) is 1. The lowest BCUT2D eigenvalue weighted by Crippen LogP contribution is -2.30. The molecule has 1 aliphatic rings. The fourth-order valence-electron chi connectivity index (χ4n) is 2.78. The molecule has 1 heterocycles. The van der Waals surface area contributed by atoms with E-state index < -0.39 is 6.10 Å². The van der Waals surface area contributed by atoms with Crippen molar-refractivity contribution in [3.63, 3.8) is 0 Å². The van der Waals surface area contributed by atoms with Gasteiger partial charge in [-0.25, -0.2) is 0 Å². The zero-order chi connectivity index (χ0) is 19.0. The van der Waals surface area contributed by atoms with E-state index in [1.54, 1.807) is 19.1 Å². The molecule has 6 heteroatoms. The average Bonchev–Trinajstić information content (AvgIpc) is 2.83. The number of amides is 3. The Labute approximate surface area is 151 Å². The predicted molar refractivity (Wildman–Crippen MR) is 97.5 cm³/mol. The number of anilines is 1. The van der Waals surface area contributed by atoms with Gasteiger partial charge in [0.25, 0.3) is 17.7 Å². The second-order valence-electron chi connectivity index (χ2n) is 6.38. The summed E-state index contributed by atoms with van der Waals surface area (Å²) < 4.78 is 5.77. The SMILES string of the molecule is Cc1cccc(OC(C)C(=O)Nc2ccc3c(c2)C(=O)N(C)C3=O)c1C. The van der Waals surface area contributed by atoms with Crippen molar-refractivity contribution in [3.05, 3.63) is 58.7 Å². The quantitative estimate of drug-likeness (QED) is 0.859. The van der Waals surface area contributed by atoms with Crippen LogP contribution in [-0.4, -0.2) is 35.8 Å². The van der Waals surface area contributed by atoms with Crippen LogP contribution in [-0.2, 0) is 4.79 Å². The predicted octanol–water partition coefficient (Wildman–Crippen LogP) is 2.94. The van der Waals surface area contributed by atoms with Crippen LogP contribution in [0.2, 0.25) is 0 Å². The van der Waals surface area contributed by atoms with Crippen molar-refractivity contribution < 1.29 is 19.1 Å². The van der Waals surface area contributed by atoms with E-state index in [2.05, 4.69) is 5.32 Å². The monoisotopic (exact) mass is 352 g/mol. The Balaban J connectivity index is 1.73. The Morgan fingerprint density at radius 1 is 1.08 bits per heavy atom. The minimum atomic E-state index is -0.719. The number of imide groups is 1.